The zero-order valence-electron chi connectivity index (χ0n) is 13.5. The monoisotopic (exact) mass is 280 g/mol. The number of allylic oxidation sites excluding steroid dienone is 1. The third-order valence-electron chi connectivity index (χ3n) is 4.11. The Bertz CT molecular complexity index is 301. The summed E-state index contributed by atoms with van der Waals surface area (Å²) in [5.74, 6) is 0.646. The molecule has 1 unspecified atom stereocenters. The van der Waals surface area contributed by atoms with Crippen LogP contribution in [0.15, 0.2) is 12.2 Å². The van der Waals surface area contributed by atoms with Crippen molar-refractivity contribution in [1.82, 2.24) is 10.2 Å². The summed E-state index contributed by atoms with van der Waals surface area (Å²) in [7, 11) is 0. The Morgan fingerprint density at radius 1 is 1.40 bits per heavy atom. The van der Waals surface area contributed by atoms with Crippen LogP contribution in [0.5, 0.6) is 0 Å². The Balaban J connectivity index is 2.19. The van der Waals surface area contributed by atoms with Gasteiger partial charge in [0, 0.05) is 6.54 Å². The van der Waals surface area contributed by atoms with Gasteiger partial charge in [-0.1, -0.05) is 45.8 Å². The van der Waals surface area contributed by atoms with Crippen LogP contribution >= 0.6 is 0 Å². The zero-order valence-corrected chi connectivity index (χ0v) is 13.5. The predicted octanol–water partition coefficient (Wildman–Crippen LogP) is 3.36. The number of hydrogen-bond donors (Lipinski definition) is 1. The van der Waals surface area contributed by atoms with Crippen molar-refractivity contribution in [3.63, 3.8) is 0 Å². The first-order chi connectivity index (χ1) is 9.69. The first-order valence-corrected chi connectivity index (χ1v) is 8.37. The summed E-state index contributed by atoms with van der Waals surface area (Å²) in [6.07, 6.45) is 11.7. The van der Waals surface area contributed by atoms with Crippen molar-refractivity contribution in [3.05, 3.63) is 12.2 Å². The summed E-state index contributed by atoms with van der Waals surface area (Å²) in [6, 6.07) is 0.112. The Labute approximate surface area is 124 Å². The van der Waals surface area contributed by atoms with E-state index in [0.717, 1.165) is 32.5 Å². The third kappa shape index (κ3) is 6.08. The number of amides is 1. The van der Waals surface area contributed by atoms with Crippen molar-refractivity contribution < 1.29 is 4.79 Å². The molecule has 1 aliphatic rings. The number of likely N-dealkylation sites (N-methyl/N-ethyl adjacent to an activating group) is 1. The average molecular weight is 280 g/mol. The number of nitrogens with one attached hydrogen (secondary N) is 1. The van der Waals surface area contributed by atoms with Crippen LogP contribution in [0.2, 0.25) is 0 Å². The Morgan fingerprint density at radius 2 is 2.20 bits per heavy atom. The van der Waals surface area contributed by atoms with Crippen LogP contribution in [-0.2, 0) is 4.79 Å². The molecule has 1 aliphatic heterocycles. The molecule has 3 nitrogen and oxygen atoms in total. The summed E-state index contributed by atoms with van der Waals surface area (Å²) in [6.45, 7) is 9.34. The van der Waals surface area contributed by atoms with Crippen LogP contribution in [0, 0.1) is 5.92 Å². The molecule has 1 fully saturated rings. The maximum Gasteiger partial charge on any atom is 0.237 e. The van der Waals surface area contributed by atoms with Gasteiger partial charge in [-0.3, -0.25) is 9.69 Å². The maximum absolute atomic E-state index is 12.2. The molecule has 1 N–H and O–H groups in total. The van der Waals surface area contributed by atoms with E-state index in [2.05, 4.69) is 43.1 Å². The molecule has 0 spiro atoms. The van der Waals surface area contributed by atoms with Gasteiger partial charge in [0.25, 0.3) is 0 Å². The standard InChI is InChI=1S/C17H32N2O/c1-4-6-7-8-9-11-15(3)14-18-17(20)16-12-10-13-19(16)5-2/h9,11,15-16H,4-8,10,12-14H2,1-3H3,(H,18,20)/b11-9-/t15?,16-/m0/s1. The van der Waals surface area contributed by atoms with Crippen LogP contribution in [0.3, 0.4) is 0 Å². The minimum atomic E-state index is 0.112. The molecular formula is C17H32N2O. The molecule has 2 atom stereocenters. The molecule has 0 aromatic heterocycles. The van der Waals surface area contributed by atoms with E-state index in [1.165, 1.54) is 25.7 Å². The van der Waals surface area contributed by atoms with Crippen molar-refractivity contribution in [2.45, 2.75) is 65.3 Å². The Morgan fingerprint density at radius 3 is 2.90 bits per heavy atom. The van der Waals surface area contributed by atoms with E-state index in [9.17, 15) is 4.79 Å². The van der Waals surface area contributed by atoms with Gasteiger partial charge in [0.2, 0.25) is 5.91 Å². The van der Waals surface area contributed by atoms with E-state index in [0.29, 0.717) is 5.92 Å². The average Bonchev–Trinajstić information content (AvgIpc) is 2.93. The second-order valence-electron chi connectivity index (χ2n) is 5.93. The lowest BCUT2D eigenvalue weighted by molar-refractivity contribution is -0.125. The predicted molar refractivity (Wildman–Crippen MR) is 85.7 cm³/mol. The van der Waals surface area contributed by atoms with Gasteiger partial charge in [0.05, 0.1) is 6.04 Å². The van der Waals surface area contributed by atoms with Crippen molar-refractivity contribution in [2.75, 3.05) is 19.6 Å². The molecule has 116 valence electrons. The molecule has 20 heavy (non-hydrogen) atoms. The normalized spacial score (nSPS) is 21.4. The second kappa shape index (κ2) is 9.98. The maximum atomic E-state index is 12.2. The van der Waals surface area contributed by atoms with Crippen LogP contribution < -0.4 is 5.32 Å². The minimum absolute atomic E-state index is 0.112. The molecule has 0 aromatic rings. The molecule has 1 amide bonds. The van der Waals surface area contributed by atoms with Crippen LogP contribution in [-0.4, -0.2) is 36.5 Å². The molecule has 1 heterocycles. The highest BCUT2D eigenvalue weighted by atomic mass is 16.2. The molecular weight excluding hydrogens is 248 g/mol. The fraction of sp³-hybridized carbons (Fsp3) is 0.824. The van der Waals surface area contributed by atoms with Crippen molar-refractivity contribution in [1.29, 1.82) is 0 Å². The van der Waals surface area contributed by atoms with E-state index >= 15 is 0 Å². The van der Waals surface area contributed by atoms with Crippen LogP contribution in [0.1, 0.15) is 59.3 Å². The van der Waals surface area contributed by atoms with Crippen molar-refractivity contribution in [2.24, 2.45) is 5.92 Å². The molecule has 0 bridgehead atoms. The van der Waals surface area contributed by atoms with Gasteiger partial charge in [0.15, 0.2) is 0 Å². The number of rotatable bonds is 9. The van der Waals surface area contributed by atoms with Gasteiger partial charge in [-0.2, -0.15) is 0 Å². The van der Waals surface area contributed by atoms with Crippen LogP contribution in [0.25, 0.3) is 0 Å². The molecule has 1 rings (SSSR count). The fourth-order valence-electron chi connectivity index (χ4n) is 2.79. The summed E-state index contributed by atoms with van der Waals surface area (Å²) >= 11 is 0. The van der Waals surface area contributed by atoms with Gasteiger partial charge in [-0.25, -0.2) is 0 Å². The van der Waals surface area contributed by atoms with E-state index in [1.807, 2.05) is 0 Å². The highest BCUT2D eigenvalue weighted by molar-refractivity contribution is 5.82. The lowest BCUT2D eigenvalue weighted by Gasteiger charge is -2.22. The highest BCUT2D eigenvalue weighted by Gasteiger charge is 2.29. The van der Waals surface area contributed by atoms with E-state index < -0.39 is 0 Å². The SMILES string of the molecule is CCCCC/C=C\C(C)CNC(=O)[C@@H]1CCCN1CC. The fourth-order valence-corrected chi connectivity index (χ4v) is 2.79. The number of unbranched alkanes of at least 4 members (excludes halogenated alkanes) is 3. The quantitative estimate of drug-likeness (QED) is 0.519. The van der Waals surface area contributed by atoms with E-state index in [4.69, 9.17) is 0 Å². The van der Waals surface area contributed by atoms with Gasteiger partial charge >= 0.3 is 0 Å². The summed E-state index contributed by atoms with van der Waals surface area (Å²) in [4.78, 5) is 14.4. The van der Waals surface area contributed by atoms with Crippen LogP contribution in [0.4, 0.5) is 0 Å². The van der Waals surface area contributed by atoms with Crippen molar-refractivity contribution in [3.8, 4) is 0 Å². The van der Waals surface area contributed by atoms with Gasteiger partial charge in [-0.15, -0.1) is 0 Å². The van der Waals surface area contributed by atoms with Crippen molar-refractivity contribution >= 4 is 5.91 Å². The van der Waals surface area contributed by atoms with Gasteiger partial charge < -0.3 is 5.32 Å². The topological polar surface area (TPSA) is 32.3 Å². The summed E-state index contributed by atoms with van der Waals surface area (Å²) in [5.41, 5.74) is 0. The summed E-state index contributed by atoms with van der Waals surface area (Å²) in [5, 5.41) is 3.11. The third-order valence-corrected chi connectivity index (χ3v) is 4.11. The molecule has 0 radical (unpaired) electrons. The highest BCUT2D eigenvalue weighted by Crippen LogP contribution is 2.16. The number of hydrogen-bond acceptors (Lipinski definition) is 2. The van der Waals surface area contributed by atoms with Gasteiger partial charge in [0.1, 0.15) is 0 Å². The molecule has 0 saturated carbocycles. The summed E-state index contributed by atoms with van der Waals surface area (Å²) < 4.78 is 0. The molecule has 0 aliphatic carbocycles. The zero-order chi connectivity index (χ0) is 14.8. The van der Waals surface area contributed by atoms with Gasteiger partial charge in [-0.05, 0) is 44.7 Å². The first-order valence-electron chi connectivity index (χ1n) is 8.37. The Hall–Kier alpha value is -0.830. The molecule has 1 saturated heterocycles. The first kappa shape index (κ1) is 17.2. The van der Waals surface area contributed by atoms with E-state index in [-0.39, 0.29) is 11.9 Å². The smallest absolute Gasteiger partial charge is 0.237 e. The molecule has 3 heteroatoms. The number of carbonyl (C=O) groups excluding carboxylic acids is 1. The number of nitrogens with zero attached hydrogens (tertiary/aromatic N) is 1. The Kier molecular flexibility index (Phi) is 8.59. The lowest BCUT2D eigenvalue weighted by Crippen LogP contribution is -2.44. The number of likely N-dealkylation sites (tertiary alicyclic amines) is 1. The molecule has 0 aromatic carbocycles. The minimum Gasteiger partial charge on any atom is -0.354 e. The van der Waals surface area contributed by atoms with E-state index in [1.54, 1.807) is 0 Å². The number of carbonyl (C=O) groups is 1. The lowest BCUT2D eigenvalue weighted by atomic mass is 10.1. The largest absolute Gasteiger partial charge is 0.354 e. The second-order valence-corrected chi connectivity index (χ2v) is 5.93.